The zero-order valence-corrected chi connectivity index (χ0v) is 5.68. The van der Waals surface area contributed by atoms with Crippen molar-refractivity contribution < 1.29 is 11.0 Å². The van der Waals surface area contributed by atoms with Gasteiger partial charge in [-0.25, -0.2) is 0 Å². The molecule has 0 aliphatic rings. The summed E-state index contributed by atoms with van der Waals surface area (Å²) < 4.78 is 0. The van der Waals surface area contributed by atoms with E-state index >= 15 is 0 Å². The van der Waals surface area contributed by atoms with E-state index in [4.69, 9.17) is 0 Å². The Balaban J connectivity index is 0. The highest BCUT2D eigenvalue weighted by Gasteiger charge is 2.04. The number of hydrogen-bond acceptors (Lipinski definition) is 2. The first-order chi connectivity index (χ1) is 4.18. The second kappa shape index (κ2) is 4.06. The van der Waals surface area contributed by atoms with Crippen molar-refractivity contribution in [2.45, 2.75) is 13.8 Å². The summed E-state index contributed by atoms with van der Waals surface area (Å²) in [7, 11) is 0. The first-order valence-electron chi connectivity index (χ1n) is 2.88. The number of hydrogen-bond donors (Lipinski definition) is 1. The zero-order valence-electron chi connectivity index (χ0n) is 5.68. The van der Waals surface area contributed by atoms with Gasteiger partial charge in [-0.1, -0.05) is 13.8 Å². The van der Waals surface area contributed by atoms with Crippen LogP contribution in [0.4, 0.5) is 0 Å². The van der Waals surface area contributed by atoms with E-state index < -0.39 is 0 Å². The Kier molecular flexibility index (Phi) is 3.67. The molecule has 0 spiro atoms. The molecule has 0 atom stereocenters. The number of ketones is 1. The van der Waals surface area contributed by atoms with Crippen molar-refractivity contribution in [1.82, 2.24) is 5.32 Å². The molecule has 0 aliphatic carbocycles. The fourth-order valence-electron chi connectivity index (χ4n) is 0.346. The summed E-state index contributed by atoms with van der Waals surface area (Å²) in [6.45, 7) is 3.75. The number of Topliss-reactive ketones (excluding diaryl/α,β-unsaturated/α-hetero) is 1. The van der Waals surface area contributed by atoms with E-state index in [-0.39, 0.29) is 19.7 Å². The standard InChI is InChI=1S/C6H11NO2.H2/c1-5(2)6(9)3-7-4-8;/h4-5H,3H2,1-2H3,(H,7,8);1H. The van der Waals surface area contributed by atoms with Crippen LogP contribution < -0.4 is 5.32 Å². The van der Waals surface area contributed by atoms with Gasteiger partial charge < -0.3 is 5.32 Å². The molecule has 1 N–H and O–H groups in total. The molecule has 0 unspecified atom stereocenters. The number of amides is 1. The lowest BCUT2D eigenvalue weighted by Gasteiger charge is -2.00. The maximum Gasteiger partial charge on any atom is 0.207 e. The Morgan fingerprint density at radius 3 is 2.67 bits per heavy atom. The van der Waals surface area contributed by atoms with E-state index in [0.717, 1.165) is 0 Å². The van der Waals surface area contributed by atoms with Gasteiger partial charge >= 0.3 is 0 Å². The van der Waals surface area contributed by atoms with Gasteiger partial charge in [0, 0.05) is 7.34 Å². The number of nitrogens with one attached hydrogen (secondary N) is 1. The smallest absolute Gasteiger partial charge is 0.207 e. The molecule has 9 heavy (non-hydrogen) atoms. The third kappa shape index (κ3) is 3.70. The van der Waals surface area contributed by atoms with Crippen molar-refractivity contribution in [3.8, 4) is 0 Å². The molecule has 1 amide bonds. The fourth-order valence-corrected chi connectivity index (χ4v) is 0.346. The van der Waals surface area contributed by atoms with Gasteiger partial charge in [0.2, 0.25) is 6.41 Å². The molecule has 0 radical (unpaired) electrons. The molecular weight excluding hydrogens is 118 g/mol. The van der Waals surface area contributed by atoms with Crippen LogP contribution in [0.2, 0.25) is 0 Å². The van der Waals surface area contributed by atoms with E-state index in [2.05, 4.69) is 5.32 Å². The van der Waals surface area contributed by atoms with Crippen LogP contribution in [0.15, 0.2) is 0 Å². The van der Waals surface area contributed by atoms with Gasteiger partial charge in [0.25, 0.3) is 0 Å². The van der Waals surface area contributed by atoms with Crippen molar-refractivity contribution >= 4 is 12.2 Å². The summed E-state index contributed by atoms with van der Waals surface area (Å²) in [4.78, 5) is 20.3. The van der Waals surface area contributed by atoms with Crippen LogP contribution in [-0.2, 0) is 9.59 Å². The SMILES string of the molecule is CC(C)C(=O)CNC=O.[HH]. The Hall–Kier alpha value is -0.860. The highest BCUT2D eigenvalue weighted by Crippen LogP contribution is 1.90. The molecule has 0 bridgehead atoms. The van der Waals surface area contributed by atoms with Crippen molar-refractivity contribution in [3.63, 3.8) is 0 Å². The van der Waals surface area contributed by atoms with Gasteiger partial charge in [-0.3, -0.25) is 9.59 Å². The van der Waals surface area contributed by atoms with Crippen LogP contribution in [-0.4, -0.2) is 18.7 Å². The summed E-state index contributed by atoms with van der Waals surface area (Å²) in [6, 6.07) is 0. The third-order valence-electron chi connectivity index (χ3n) is 1.00. The van der Waals surface area contributed by atoms with E-state index in [1.807, 2.05) is 0 Å². The lowest BCUT2D eigenvalue weighted by molar-refractivity contribution is -0.122. The summed E-state index contributed by atoms with van der Waals surface area (Å²) in [5, 5.41) is 2.30. The molecule has 0 heterocycles. The minimum absolute atomic E-state index is 0. The van der Waals surface area contributed by atoms with Crippen molar-refractivity contribution in [2.75, 3.05) is 6.54 Å². The van der Waals surface area contributed by atoms with Gasteiger partial charge in [-0.2, -0.15) is 0 Å². The molecule has 0 saturated carbocycles. The Morgan fingerprint density at radius 1 is 1.78 bits per heavy atom. The van der Waals surface area contributed by atoms with Gasteiger partial charge in [-0.05, 0) is 0 Å². The van der Waals surface area contributed by atoms with Crippen molar-refractivity contribution in [3.05, 3.63) is 0 Å². The molecule has 0 aliphatic heterocycles. The van der Waals surface area contributed by atoms with Crippen LogP contribution in [0.1, 0.15) is 15.3 Å². The molecule has 0 saturated heterocycles. The molecular formula is C6H13NO2. The van der Waals surface area contributed by atoms with E-state index in [9.17, 15) is 9.59 Å². The van der Waals surface area contributed by atoms with Crippen LogP contribution in [0.5, 0.6) is 0 Å². The highest BCUT2D eigenvalue weighted by atomic mass is 16.1. The van der Waals surface area contributed by atoms with Crippen molar-refractivity contribution in [2.24, 2.45) is 5.92 Å². The van der Waals surface area contributed by atoms with Crippen LogP contribution >= 0.6 is 0 Å². The highest BCUT2D eigenvalue weighted by molar-refractivity contribution is 5.83. The van der Waals surface area contributed by atoms with Crippen LogP contribution in [0, 0.1) is 5.92 Å². The van der Waals surface area contributed by atoms with E-state index in [0.29, 0.717) is 6.41 Å². The maximum absolute atomic E-state index is 10.7. The lowest BCUT2D eigenvalue weighted by Crippen LogP contribution is -2.24. The molecule has 0 fully saturated rings. The molecule has 0 aromatic carbocycles. The Morgan fingerprint density at radius 2 is 2.33 bits per heavy atom. The van der Waals surface area contributed by atoms with Gasteiger partial charge in [0.15, 0.2) is 5.78 Å². The molecule has 3 heteroatoms. The van der Waals surface area contributed by atoms with Gasteiger partial charge in [-0.15, -0.1) is 0 Å². The average molecular weight is 131 g/mol. The summed E-state index contributed by atoms with van der Waals surface area (Å²) in [5.41, 5.74) is 0. The first-order valence-corrected chi connectivity index (χ1v) is 2.88. The fraction of sp³-hybridized carbons (Fsp3) is 0.667. The topological polar surface area (TPSA) is 46.2 Å². The van der Waals surface area contributed by atoms with Gasteiger partial charge in [0.1, 0.15) is 0 Å². The van der Waals surface area contributed by atoms with Crippen LogP contribution in [0.3, 0.4) is 0 Å². The summed E-state index contributed by atoms with van der Waals surface area (Å²) >= 11 is 0. The van der Waals surface area contributed by atoms with E-state index in [1.54, 1.807) is 13.8 Å². The summed E-state index contributed by atoms with van der Waals surface area (Å²) in [6.07, 6.45) is 0.528. The molecule has 0 rings (SSSR count). The molecule has 54 valence electrons. The summed E-state index contributed by atoms with van der Waals surface area (Å²) in [5.74, 6) is 0.0690. The Labute approximate surface area is 55.9 Å². The second-order valence-electron chi connectivity index (χ2n) is 2.12. The first kappa shape index (κ1) is 8.14. The largest absolute Gasteiger partial charge is 0.352 e. The molecule has 0 aromatic rings. The minimum Gasteiger partial charge on any atom is -0.352 e. The maximum atomic E-state index is 10.7. The second-order valence-corrected chi connectivity index (χ2v) is 2.12. The third-order valence-corrected chi connectivity index (χ3v) is 1.00. The van der Waals surface area contributed by atoms with Crippen molar-refractivity contribution in [1.29, 1.82) is 0 Å². The number of carbonyl (C=O) groups excluding carboxylic acids is 2. The molecule has 0 aromatic heterocycles. The number of carbonyl (C=O) groups is 2. The normalized spacial score (nSPS) is 9.22. The number of rotatable bonds is 4. The average Bonchev–Trinajstić information content (AvgIpc) is 1.82. The quantitative estimate of drug-likeness (QED) is 0.554. The van der Waals surface area contributed by atoms with Gasteiger partial charge in [0.05, 0.1) is 6.54 Å². The molecule has 3 nitrogen and oxygen atoms in total. The predicted molar refractivity (Wildman–Crippen MR) is 36.0 cm³/mol. The monoisotopic (exact) mass is 131 g/mol. The lowest BCUT2D eigenvalue weighted by atomic mass is 10.1. The van der Waals surface area contributed by atoms with Crippen LogP contribution in [0.25, 0.3) is 0 Å². The minimum atomic E-state index is 0. The van der Waals surface area contributed by atoms with E-state index in [1.165, 1.54) is 0 Å². The zero-order chi connectivity index (χ0) is 7.28. The predicted octanol–water partition coefficient (Wildman–Crippen LogP) is 0.203. The Bertz CT molecular complexity index is 114.